The van der Waals surface area contributed by atoms with Crippen LogP contribution in [-0.4, -0.2) is 44.2 Å². The highest BCUT2D eigenvalue weighted by molar-refractivity contribution is 7.52. The number of carbonyl (C=O) groups excluding carboxylic acids is 1. The van der Waals surface area contributed by atoms with Crippen molar-refractivity contribution in [2.24, 2.45) is 5.92 Å². The second-order valence-electron chi connectivity index (χ2n) is 8.77. The van der Waals surface area contributed by atoms with Gasteiger partial charge in [-0.05, 0) is 39.3 Å². The average Bonchev–Trinajstić information content (AvgIpc) is 3.45. The third-order valence-electron chi connectivity index (χ3n) is 5.46. The van der Waals surface area contributed by atoms with Crippen molar-refractivity contribution in [3.63, 3.8) is 0 Å². The third kappa shape index (κ3) is 6.01. The van der Waals surface area contributed by atoms with E-state index in [1.54, 1.807) is 51.4 Å². The highest BCUT2D eigenvalue weighted by atomic mass is 31.2. The Hall–Kier alpha value is -3.47. The zero-order valence-corrected chi connectivity index (χ0v) is 21.2. The topological polar surface area (TPSA) is 169 Å². The van der Waals surface area contributed by atoms with Gasteiger partial charge in [-0.1, -0.05) is 30.4 Å². The number of hydrogen-bond acceptors (Lipinski definition) is 10. The molecule has 4 atom stereocenters. The molecule has 0 unspecified atom stereocenters. The van der Waals surface area contributed by atoms with Crippen LogP contribution in [0.4, 0.5) is 11.8 Å². The number of imidazole rings is 1. The van der Waals surface area contributed by atoms with Gasteiger partial charge < -0.3 is 25.3 Å². The number of nitrogens with one attached hydrogen (secondary N) is 1. The Morgan fingerprint density at radius 1 is 1.19 bits per heavy atom. The molecule has 0 fully saturated rings. The maximum atomic E-state index is 13.7. The van der Waals surface area contributed by atoms with Crippen LogP contribution in [0.1, 0.15) is 33.2 Å². The summed E-state index contributed by atoms with van der Waals surface area (Å²) < 4.78 is 32.2. The van der Waals surface area contributed by atoms with Crippen molar-refractivity contribution in [3.8, 4) is 5.75 Å². The van der Waals surface area contributed by atoms with Gasteiger partial charge in [0.05, 0.1) is 25.1 Å². The van der Waals surface area contributed by atoms with E-state index in [1.807, 2.05) is 22.8 Å². The van der Waals surface area contributed by atoms with Crippen molar-refractivity contribution in [3.05, 3.63) is 48.8 Å². The van der Waals surface area contributed by atoms with E-state index in [-0.39, 0.29) is 36.4 Å². The van der Waals surface area contributed by atoms with Crippen molar-refractivity contribution in [2.45, 2.75) is 45.4 Å². The van der Waals surface area contributed by atoms with E-state index in [0.29, 0.717) is 23.3 Å². The number of nitrogens with zero attached hydrogens (tertiary/aromatic N) is 4. The number of anilines is 2. The van der Waals surface area contributed by atoms with Crippen molar-refractivity contribution in [1.82, 2.24) is 24.6 Å². The molecule has 0 radical (unpaired) electrons. The molecule has 0 amide bonds. The Kier molecular flexibility index (Phi) is 7.58. The minimum absolute atomic E-state index is 0.0683. The van der Waals surface area contributed by atoms with E-state index in [2.05, 4.69) is 20.0 Å². The summed E-state index contributed by atoms with van der Waals surface area (Å²) >= 11 is 0. The lowest BCUT2D eigenvalue weighted by molar-refractivity contribution is -0.149. The standard InChI is InChI=1S/C23H30N7O5P/c1-14(2)34-22(31)15(3)29-36(32,35-18-7-5-4-6-8-18)33-12-16-9-10-17(11-16)30-13-26-19-20(24)27-23(25)28-21(19)30/h4-10,13-17H,11-12H2,1-3H3,(H,29,32)(H4,24,25,27,28)/t15-,16+,17-,36+/m0/s1. The number of ether oxygens (including phenoxy) is 1. The van der Waals surface area contributed by atoms with E-state index >= 15 is 0 Å². The monoisotopic (exact) mass is 515 g/mol. The maximum Gasteiger partial charge on any atom is 0.459 e. The summed E-state index contributed by atoms with van der Waals surface area (Å²) in [6.07, 6.45) is 5.91. The number of aromatic nitrogens is 4. The summed E-state index contributed by atoms with van der Waals surface area (Å²) in [5.41, 5.74) is 12.7. The number of carbonyl (C=O) groups is 1. The van der Waals surface area contributed by atoms with Gasteiger partial charge >= 0.3 is 13.7 Å². The van der Waals surface area contributed by atoms with E-state index in [0.717, 1.165) is 0 Å². The molecule has 5 N–H and O–H groups in total. The van der Waals surface area contributed by atoms with Crippen molar-refractivity contribution >= 4 is 36.6 Å². The first kappa shape index (κ1) is 25.6. The van der Waals surface area contributed by atoms with E-state index in [9.17, 15) is 9.36 Å². The summed E-state index contributed by atoms with van der Waals surface area (Å²) in [6, 6.07) is 7.62. The van der Waals surface area contributed by atoms with Crippen LogP contribution in [0.2, 0.25) is 0 Å². The van der Waals surface area contributed by atoms with Crippen molar-refractivity contribution < 1.29 is 23.1 Å². The molecule has 36 heavy (non-hydrogen) atoms. The van der Waals surface area contributed by atoms with Gasteiger partial charge in [0.25, 0.3) is 0 Å². The molecule has 1 aliphatic carbocycles. The first-order valence-electron chi connectivity index (χ1n) is 11.5. The first-order valence-corrected chi connectivity index (χ1v) is 13.1. The molecular weight excluding hydrogens is 485 g/mol. The Balaban J connectivity index is 1.45. The molecule has 12 nitrogen and oxygen atoms in total. The number of allylic oxidation sites excluding steroid dienone is 1. The predicted molar refractivity (Wildman–Crippen MR) is 135 cm³/mol. The van der Waals surface area contributed by atoms with Crippen LogP contribution in [-0.2, 0) is 18.6 Å². The molecule has 3 aromatic rings. The molecule has 0 saturated heterocycles. The minimum atomic E-state index is -3.94. The normalized spacial score (nSPS) is 19.9. The van der Waals surface area contributed by atoms with Gasteiger partial charge in [0.15, 0.2) is 11.5 Å². The average molecular weight is 516 g/mol. The van der Waals surface area contributed by atoms with Crippen LogP contribution in [0.15, 0.2) is 48.8 Å². The lowest BCUT2D eigenvalue weighted by Crippen LogP contribution is -2.36. The molecule has 2 aromatic heterocycles. The number of fused-ring (bicyclic) bond motifs is 1. The van der Waals surface area contributed by atoms with E-state index in [4.69, 9.17) is 25.3 Å². The smallest absolute Gasteiger partial charge is 0.459 e. The molecule has 1 aromatic carbocycles. The summed E-state index contributed by atoms with van der Waals surface area (Å²) in [5, 5.41) is 2.70. The van der Waals surface area contributed by atoms with Gasteiger partial charge in [-0.25, -0.2) is 9.55 Å². The molecule has 1 aliphatic rings. The number of hydrogen-bond donors (Lipinski definition) is 3. The number of rotatable bonds is 10. The Morgan fingerprint density at radius 2 is 1.94 bits per heavy atom. The fraction of sp³-hybridized carbons (Fsp3) is 0.391. The number of nitrogen functional groups attached to an aromatic ring is 2. The number of para-hydroxylation sites is 1. The van der Waals surface area contributed by atoms with Crippen LogP contribution in [0.25, 0.3) is 11.2 Å². The van der Waals surface area contributed by atoms with Gasteiger partial charge in [-0.2, -0.15) is 15.1 Å². The van der Waals surface area contributed by atoms with Gasteiger partial charge in [0.2, 0.25) is 5.95 Å². The number of esters is 1. The lowest BCUT2D eigenvalue weighted by atomic mass is 10.1. The van der Waals surface area contributed by atoms with Crippen LogP contribution in [0.5, 0.6) is 5.75 Å². The number of benzene rings is 1. The Labute approximate surface area is 208 Å². The van der Waals surface area contributed by atoms with Gasteiger partial charge in [-0.3, -0.25) is 9.32 Å². The molecule has 0 spiro atoms. The fourth-order valence-corrected chi connectivity index (χ4v) is 5.36. The molecule has 192 valence electrons. The van der Waals surface area contributed by atoms with Gasteiger partial charge in [-0.15, -0.1) is 0 Å². The molecule has 0 aliphatic heterocycles. The van der Waals surface area contributed by atoms with Gasteiger partial charge in [0, 0.05) is 5.92 Å². The Morgan fingerprint density at radius 3 is 2.67 bits per heavy atom. The van der Waals surface area contributed by atoms with Crippen molar-refractivity contribution in [1.29, 1.82) is 0 Å². The fourth-order valence-electron chi connectivity index (χ4n) is 3.81. The van der Waals surface area contributed by atoms with E-state index in [1.165, 1.54) is 0 Å². The first-order chi connectivity index (χ1) is 17.1. The lowest BCUT2D eigenvalue weighted by Gasteiger charge is -2.24. The van der Waals surface area contributed by atoms with Crippen LogP contribution < -0.4 is 21.1 Å². The van der Waals surface area contributed by atoms with E-state index < -0.39 is 19.8 Å². The number of nitrogens with two attached hydrogens (primary N) is 2. The zero-order valence-electron chi connectivity index (χ0n) is 20.3. The van der Waals surface area contributed by atoms with Gasteiger partial charge in [0.1, 0.15) is 17.3 Å². The SMILES string of the molecule is CC(C)OC(=O)[C@H](C)N[P@@](=O)(OC[C@@H]1C=C[C@H](n2cnc3c(N)nc(N)nc32)C1)Oc1ccccc1. The minimum Gasteiger partial charge on any atom is -0.462 e. The highest BCUT2D eigenvalue weighted by Gasteiger charge is 2.34. The summed E-state index contributed by atoms with van der Waals surface area (Å²) in [6.45, 7) is 5.11. The maximum absolute atomic E-state index is 13.7. The quantitative estimate of drug-likeness (QED) is 0.206. The summed E-state index contributed by atoms with van der Waals surface area (Å²) in [7, 11) is -3.94. The Bertz CT molecular complexity index is 1300. The summed E-state index contributed by atoms with van der Waals surface area (Å²) in [5.74, 6) is -0.0142. The van der Waals surface area contributed by atoms with Crippen LogP contribution >= 0.6 is 7.75 Å². The molecule has 0 saturated carbocycles. The molecule has 0 bridgehead atoms. The molecule has 13 heteroatoms. The second kappa shape index (κ2) is 10.7. The van der Waals surface area contributed by atoms with Crippen LogP contribution in [0, 0.1) is 5.92 Å². The predicted octanol–water partition coefficient (Wildman–Crippen LogP) is 3.24. The molecule has 4 rings (SSSR count). The summed E-state index contributed by atoms with van der Waals surface area (Å²) in [4.78, 5) is 24.8. The second-order valence-corrected chi connectivity index (χ2v) is 10.5. The largest absolute Gasteiger partial charge is 0.462 e. The highest BCUT2D eigenvalue weighted by Crippen LogP contribution is 2.46. The van der Waals surface area contributed by atoms with Crippen LogP contribution in [0.3, 0.4) is 0 Å². The van der Waals surface area contributed by atoms with Crippen molar-refractivity contribution in [2.75, 3.05) is 18.1 Å². The molecular formula is C23H30N7O5P. The molecule has 2 heterocycles. The zero-order chi connectivity index (χ0) is 25.9. The third-order valence-corrected chi connectivity index (χ3v) is 7.10.